The number of hydrogen-bond donors (Lipinski definition) is 0. The zero-order chi connectivity index (χ0) is 24.2. The fourth-order valence-electron chi connectivity index (χ4n) is 4.19. The number of rotatable bonds is 7. The van der Waals surface area contributed by atoms with Crippen LogP contribution in [0.1, 0.15) is 29.7 Å². The lowest BCUT2D eigenvalue weighted by atomic mass is 10.2. The van der Waals surface area contributed by atoms with Crippen molar-refractivity contribution in [2.24, 2.45) is 4.99 Å². The minimum atomic E-state index is 0.247. The molecular formula is C28H26Cl2N4O. The normalized spacial score (nSPS) is 13.6. The van der Waals surface area contributed by atoms with Gasteiger partial charge in [-0.3, -0.25) is 4.99 Å². The topological polar surface area (TPSA) is 42.7 Å². The van der Waals surface area contributed by atoms with Crippen LogP contribution < -0.4 is 9.64 Å². The van der Waals surface area contributed by atoms with Crippen molar-refractivity contribution < 1.29 is 4.74 Å². The van der Waals surface area contributed by atoms with Crippen LogP contribution in [-0.2, 0) is 6.61 Å². The largest absolute Gasteiger partial charge is 0.486 e. The van der Waals surface area contributed by atoms with Gasteiger partial charge in [-0.1, -0.05) is 59.1 Å². The van der Waals surface area contributed by atoms with Crippen LogP contribution in [0.25, 0.3) is 5.69 Å². The maximum absolute atomic E-state index is 6.36. The Labute approximate surface area is 215 Å². The number of halogens is 2. The van der Waals surface area contributed by atoms with Gasteiger partial charge in [0.1, 0.15) is 23.9 Å². The second-order valence-electron chi connectivity index (χ2n) is 8.58. The van der Waals surface area contributed by atoms with Crippen LogP contribution in [0.5, 0.6) is 5.75 Å². The van der Waals surface area contributed by atoms with Crippen molar-refractivity contribution >= 4 is 40.9 Å². The SMILES string of the molecule is Cc1ccc(N=Cc2c(COc3ccc(Cl)cc3Cl)nn(-c3ccccc3)c2N2CCCC2)cc1. The monoisotopic (exact) mass is 504 g/mol. The molecule has 0 spiro atoms. The molecule has 0 saturated carbocycles. The molecule has 1 aromatic heterocycles. The summed E-state index contributed by atoms with van der Waals surface area (Å²) in [6.07, 6.45) is 4.22. The lowest BCUT2D eigenvalue weighted by Gasteiger charge is -2.20. The van der Waals surface area contributed by atoms with Gasteiger partial charge in [0.15, 0.2) is 0 Å². The first-order chi connectivity index (χ1) is 17.1. The van der Waals surface area contributed by atoms with Crippen molar-refractivity contribution in [3.8, 4) is 11.4 Å². The molecule has 0 bridgehead atoms. The number of aliphatic imine (C=N–C) groups is 1. The lowest BCUT2D eigenvalue weighted by Crippen LogP contribution is -2.22. The number of nitrogens with zero attached hydrogens (tertiary/aromatic N) is 4. The number of aryl methyl sites for hydroxylation is 1. The molecule has 0 aliphatic carbocycles. The van der Waals surface area contributed by atoms with E-state index in [2.05, 4.69) is 36.1 Å². The highest BCUT2D eigenvalue weighted by Gasteiger charge is 2.25. The third-order valence-electron chi connectivity index (χ3n) is 6.01. The van der Waals surface area contributed by atoms with Crippen LogP contribution in [0.15, 0.2) is 77.8 Å². The quantitative estimate of drug-likeness (QED) is 0.246. The molecule has 7 heteroatoms. The highest BCUT2D eigenvalue weighted by Crippen LogP contribution is 2.32. The van der Waals surface area contributed by atoms with E-state index in [4.69, 9.17) is 38.0 Å². The summed E-state index contributed by atoms with van der Waals surface area (Å²) < 4.78 is 8.11. The molecule has 1 saturated heterocycles. The Kier molecular flexibility index (Phi) is 7.07. The molecule has 1 fully saturated rings. The molecule has 35 heavy (non-hydrogen) atoms. The Morgan fingerprint density at radius 1 is 0.971 bits per heavy atom. The standard InChI is InChI=1S/C28H26Cl2N4O/c1-20-9-12-22(13-10-20)31-18-24-26(19-35-27-14-11-21(29)17-25(27)30)32-34(23-7-3-2-4-8-23)28(24)33-15-5-6-16-33/h2-4,7-14,17-18H,5-6,15-16,19H2,1H3. The Hall–Kier alpha value is -3.28. The molecule has 4 aromatic rings. The first-order valence-corrected chi connectivity index (χ1v) is 12.4. The molecule has 0 amide bonds. The first kappa shape index (κ1) is 23.5. The molecule has 5 rings (SSSR count). The maximum atomic E-state index is 6.36. The summed E-state index contributed by atoms with van der Waals surface area (Å²) >= 11 is 12.4. The van der Waals surface area contributed by atoms with Crippen LogP contribution >= 0.6 is 23.2 Å². The zero-order valence-corrected chi connectivity index (χ0v) is 21.0. The van der Waals surface area contributed by atoms with Crippen molar-refractivity contribution in [2.45, 2.75) is 26.4 Å². The van der Waals surface area contributed by atoms with E-state index in [-0.39, 0.29) is 6.61 Å². The molecule has 2 heterocycles. The van der Waals surface area contributed by atoms with Gasteiger partial charge in [-0.15, -0.1) is 0 Å². The fourth-order valence-corrected chi connectivity index (χ4v) is 4.66. The fraction of sp³-hybridized carbons (Fsp3) is 0.214. The minimum absolute atomic E-state index is 0.247. The summed E-state index contributed by atoms with van der Waals surface area (Å²) in [7, 11) is 0. The Morgan fingerprint density at radius 2 is 1.71 bits per heavy atom. The van der Waals surface area contributed by atoms with Crippen molar-refractivity contribution in [1.82, 2.24) is 9.78 Å². The van der Waals surface area contributed by atoms with E-state index < -0.39 is 0 Å². The van der Waals surface area contributed by atoms with E-state index >= 15 is 0 Å². The van der Waals surface area contributed by atoms with Gasteiger partial charge in [0.25, 0.3) is 0 Å². The predicted octanol–water partition coefficient (Wildman–Crippen LogP) is 7.42. The van der Waals surface area contributed by atoms with Crippen molar-refractivity contribution in [3.05, 3.63) is 99.7 Å². The molecule has 0 atom stereocenters. The summed E-state index contributed by atoms with van der Waals surface area (Å²) in [6.45, 7) is 4.28. The van der Waals surface area contributed by atoms with Crippen molar-refractivity contribution in [1.29, 1.82) is 0 Å². The van der Waals surface area contributed by atoms with Gasteiger partial charge in [-0.2, -0.15) is 5.10 Å². The molecule has 5 nitrogen and oxygen atoms in total. The number of hydrogen-bond acceptors (Lipinski definition) is 4. The number of aromatic nitrogens is 2. The first-order valence-electron chi connectivity index (χ1n) is 11.7. The molecule has 1 aliphatic heterocycles. The van der Waals surface area contributed by atoms with Gasteiger partial charge in [-0.25, -0.2) is 4.68 Å². The third kappa shape index (κ3) is 5.37. The molecule has 0 N–H and O–H groups in total. The predicted molar refractivity (Wildman–Crippen MR) is 144 cm³/mol. The zero-order valence-electron chi connectivity index (χ0n) is 19.5. The van der Waals surface area contributed by atoms with E-state index in [1.165, 1.54) is 5.56 Å². The summed E-state index contributed by atoms with van der Waals surface area (Å²) in [5, 5.41) is 6.04. The minimum Gasteiger partial charge on any atom is -0.486 e. The second kappa shape index (κ2) is 10.5. The average molecular weight is 505 g/mol. The Balaban J connectivity index is 1.58. The van der Waals surface area contributed by atoms with Crippen molar-refractivity contribution in [3.63, 3.8) is 0 Å². The molecular weight excluding hydrogens is 479 g/mol. The number of benzene rings is 3. The van der Waals surface area contributed by atoms with Crippen LogP contribution in [0, 0.1) is 6.92 Å². The summed E-state index contributed by atoms with van der Waals surface area (Å²) in [5.74, 6) is 1.60. The van der Waals surface area contributed by atoms with Crippen LogP contribution in [-0.4, -0.2) is 29.1 Å². The number of para-hydroxylation sites is 1. The van der Waals surface area contributed by atoms with Gasteiger partial charge in [0.05, 0.1) is 22.0 Å². The van der Waals surface area contributed by atoms with E-state index in [1.807, 2.05) is 41.2 Å². The van der Waals surface area contributed by atoms with Gasteiger partial charge < -0.3 is 9.64 Å². The van der Waals surface area contributed by atoms with Crippen LogP contribution in [0.4, 0.5) is 11.5 Å². The molecule has 178 valence electrons. The maximum Gasteiger partial charge on any atom is 0.141 e. The van der Waals surface area contributed by atoms with E-state index in [0.717, 1.165) is 54.4 Å². The molecule has 0 radical (unpaired) electrons. The summed E-state index contributed by atoms with van der Waals surface area (Å²) in [5.41, 5.74) is 4.82. The number of ether oxygens (including phenoxy) is 1. The van der Waals surface area contributed by atoms with Gasteiger partial charge in [0, 0.05) is 24.3 Å². The molecule has 3 aromatic carbocycles. The highest BCUT2D eigenvalue weighted by atomic mass is 35.5. The van der Waals surface area contributed by atoms with Gasteiger partial charge in [-0.05, 0) is 62.2 Å². The number of anilines is 1. The Bertz CT molecular complexity index is 1330. The molecule has 0 unspecified atom stereocenters. The van der Waals surface area contributed by atoms with E-state index in [1.54, 1.807) is 18.2 Å². The van der Waals surface area contributed by atoms with Crippen LogP contribution in [0.3, 0.4) is 0 Å². The van der Waals surface area contributed by atoms with Gasteiger partial charge in [0.2, 0.25) is 0 Å². The molecule has 1 aliphatic rings. The smallest absolute Gasteiger partial charge is 0.141 e. The summed E-state index contributed by atoms with van der Waals surface area (Å²) in [6, 6.07) is 23.6. The third-order valence-corrected chi connectivity index (χ3v) is 6.54. The lowest BCUT2D eigenvalue weighted by molar-refractivity contribution is 0.300. The Morgan fingerprint density at radius 3 is 2.43 bits per heavy atom. The van der Waals surface area contributed by atoms with E-state index in [0.29, 0.717) is 15.8 Å². The van der Waals surface area contributed by atoms with Crippen LogP contribution in [0.2, 0.25) is 10.0 Å². The average Bonchev–Trinajstić information content (AvgIpc) is 3.52. The van der Waals surface area contributed by atoms with E-state index in [9.17, 15) is 0 Å². The van der Waals surface area contributed by atoms with Gasteiger partial charge >= 0.3 is 0 Å². The second-order valence-corrected chi connectivity index (χ2v) is 9.43. The summed E-state index contributed by atoms with van der Waals surface area (Å²) in [4.78, 5) is 7.18. The van der Waals surface area contributed by atoms with Crippen molar-refractivity contribution in [2.75, 3.05) is 18.0 Å². The highest BCUT2D eigenvalue weighted by molar-refractivity contribution is 6.35.